The maximum absolute atomic E-state index is 12.8. The minimum absolute atomic E-state index is 0.212. The Kier molecular flexibility index (Phi) is 7.10. The molecule has 0 spiro atoms. The maximum Gasteiger partial charge on any atom is 0.256 e. The molecule has 0 fully saturated rings. The third-order valence-corrected chi connectivity index (χ3v) is 5.61. The second kappa shape index (κ2) is 10.4. The van der Waals surface area contributed by atoms with E-state index in [0.29, 0.717) is 29.6 Å². The second-order valence-corrected chi connectivity index (χ2v) is 8.34. The first-order valence-electron chi connectivity index (χ1n) is 10.9. The number of halogens is 1. The number of amides is 1. The summed E-state index contributed by atoms with van der Waals surface area (Å²) in [6, 6.07) is 25.0. The molecule has 0 saturated heterocycles. The normalized spacial score (nSPS) is 10.8. The number of aryl methyl sites for hydroxylation is 2. The molecule has 4 aromatic rings. The highest BCUT2D eigenvalue weighted by atomic mass is 35.5. The zero-order chi connectivity index (χ0) is 23.2. The first kappa shape index (κ1) is 22.6. The molecule has 0 atom stereocenters. The minimum Gasteiger partial charge on any atom is -0.489 e. The van der Waals surface area contributed by atoms with Crippen LogP contribution in [0.5, 0.6) is 5.75 Å². The van der Waals surface area contributed by atoms with Gasteiger partial charge in [0.15, 0.2) is 5.82 Å². The van der Waals surface area contributed by atoms with Gasteiger partial charge in [0.1, 0.15) is 12.4 Å². The molecule has 0 unspecified atom stereocenters. The van der Waals surface area contributed by atoms with E-state index in [9.17, 15) is 4.79 Å². The van der Waals surface area contributed by atoms with Gasteiger partial charge in [0.05, 0.1) is 6.54 Å². The Balaban J connectivity index is 1.39. The van der Waals surface area contributed by atoms with Crippen LogP contribution in [0.4, 0.5) is 5.82 Å². The van der Waals surface area contributed by atoms with Gasteiger partial charge < -0.3 is 10.1 Å². The van der Waals surface area contributed by atoms with Crippen LogP contribution in [0.1, 0.15) is 39.7 Å². The van der Waals surface area contributed by atoms with Crippen molar-refractivity contribution in [3.63, 3.8) is 0 Å². The number of nitrogens with zero attached hydrogens (tertiary/aromatic N) is 2. The van der Waals surface area contributed by atoms with Crippen molar-refractivity contribution in [2.45, 2.75) is 33.4 Å². The molecule has 0 radical (unpaired) electrons. The standard InChI is InChI=1S/C27H26ClN3O2/c1-3-20-10-12-25(13-11-20)33-18-22-7-4-8-23(15-22)27(32)29-26-14-19(2)31(30-26)17-21-6-5-9-24(28)16-21/h4-16H,3,17-18H2,1-2H3,(H,29,30,32). The van der Waals surface area contributed by atoms with Crippen molar-refractivity contribution in [1.82, 2.24) is 9.78 Å². The minimum atomic E-state index is -0.212. The molecule has 6 heteroatoms. The van der Waals surface area contributed by atoms with Crippen molar-refractivity contribution < 1.29 is 9.53 Å². The zero-order valence-electron chi connectivity index (χ0n) is 18.7. The van der Waals surface area contributed by atoms with Gasteiger partial charge in [0.25, 0.3) is 5.91 Å². The summed E-state index contributed by atoms with van der Waals surface area (Å²) in [7, 11) is 0. The molecule has 1 heterocycles. The number of hydrogen-bond donors (Lipinski definition) is 1. The molecule has 0 aliphatic rings. The van der Waals surface area contributed by atoms with Gasteiger partial charge in [0.2, 0.25) is 0 Å². The second-order valence-electron chi connectivity index (χ2n) is 7.90. The monoisotopic (exact) mass is 459 g/mol. The summed E-state index contributed by atoms with van der Waals surface area (Å²) in [5, 5.41) is 8.11. The van der Waals surface area contributed by atoms with Crippen LogP contribution in [-0.2, 0) is 19.6 Å². The highest BCUT2D eigenvalue weighted by Gasteiger charge is 2.11. The molecule has 168 valence electrons. The molecule has 1 N–H and O–H groups in total. The van der Waals surface area contributed by atoms with E-state index in [1.165, 1.54) is 5.56 Å². The van der Waals surface area contributed by atoms with Crippen molar-refractivity contribution in [2.24, 2.45) is 0 Å². The number of nitrogens with one attached hydrogen (secondary N) is 1. The van der Waals surface area contributed by atoms with Gasteiger partial charge in [-0.2, -0.15) is 5.10 Å². The molecule has 0 bridgehead atoms. The number of rotatable bonds is 8. The van der Waals surface area contributed by atoms with Crippen LogP contribution in [0, 0.1) is 6.92 Å². The molecule has 4 rings (SSSR count). The molecule has 0 saturated carbocycles. The molecule has 1 aromatic heterocycles. The van der Waals surface area contributed by atoms with Gasteiger partial charge in [0, 0.05) is 22.3 Å². The van der Waals surface area contributed by atoms with E-state index in [4.69, 9.17) is 16.3 Å². The molecule has 0 aliphatic carbocycles. The molecule has 33 heavy (non-hydrogen) atoms. The Morgan fingerprint density at radius 2 is 1.73 bits per heavy atom. The highest BCUT2D eigenvalue weighted by molar-refractivity contribution is 6.30. The molecule has 3 aromatic carbocycles. The summed E-state index contributed by atoms with van der Waals surface area (Å²) in [4.78, 5) is 12.8. The van der Waals surface area contributed by atoms with Crippen LogP contribution in [-0.4, -0.2) is 15.7 Å². The number of carbonyl (C=O) groups is 1. The lowest BCUT2D eigenvalue weighted by atomic mass is 10.1. The molecular weight excluding hydrogens is 434 g/mol. The van der Waals surface area contributed by atoms with Gasteiger partial charge >= 0.3 is 0 Å². The Labute approximate surface area is 199 Å². The van der Waals surface area contributed by atoms with Gasteiger partial charge in [-0.1, -0.05) is 54.9 Å². The first-order valence-corrected chi connectivity index (χ1v) is 11.3. The Bertz CT molecular complexity index is 1250. The summed E-state index contributed by atoms with van der Waals surface area (Å²) < 4.78 is 7.71. The van der Waals surface area contributed by atoms with Crippen molar-refractivity contribution >= 4 is 23.3 Å². The van der Waals surface area contributed by atoms with Crippen molar-refractivity contribution in [3.05, 3.63) is 112 Å². The van der Waals surface area contributed by atoms with Crippen molar-refractivity contribution in [2.75, 3.05) is 5.32 Å². The zero-order valence-corrected chi connectivity index (χ0v) is 19.5. The maximum atomic E-state index is 12.8. The highest BCUT2D eigenvalue weighted by Crippen LogP contribution is 2.17. The number of carbonyl (C=O) groups excluding carboxylic acids is 1. The number of benzene rings is 3. The largest absolute Gasteiger partial charge is 0.489 e. The summed E-state index contributed by atoms with van der Waals surface area (Å²) in [6.45, 7) is 5.05. The van der Waals surface area contributed by atoms with E-state index in [2.05, 4.69) is 29.5 Å². The van der Waals surface area contributed by atoms with E-state index in [0.717, 1.165) is 29.0 Å². The van der Waals surface area contributed by atoms with Gasteiger partial charge in [-0.15, -0.1) is 0 Å². The third kappa shape index (κ3) is 6.02. The predicted octanol–water partition coefficient (Wildman–Crippen LogP) is 6.29. The molecule has 0 aliphatic heterocycles. The molecular formula is C27H26ClN3O2. The Hall–Kier alpha value is -3.57. The predicted molar refractivity (Wildman–Crippen MR) is 132 cm³/mol. The fraction of sp³-hybridized carbons (Fsp3) is 0.185. The lowest BCUT2D eigenvalue weighted by Gasteiger charge is -2.09. The summed E-state index contributed by atoms with van der Waals surface area (Å²) >= 11 is 6.08. The average molecular weight is 460 g/mol. The Morgan fingerprint density at radius 1 is 0.970 bits per heavy atom. The topological polar surface area (TPSA) is 56.1 Å². The molecule has 1 amide bonds. The van der Waals surface area contributed by atoms with Crippen molar-refractivity contribution in [3.8, 4) is 5.75 Å². The number of aromatic nitrogens is 2. The van der Waals surface area contributed by atoms with Gasteiger partial charge in [-0.25, -0.2) is 0 Å². The summed E-state index contributed by atoms with van der Waals surface area (Å²) in [5.74, 6) is 1.11. The van der Waals surface area contributed by atoms with Crippen LogP contribution >= 0.6 is 11.6 Å². The fourth-order valence-electron chi connectivity index (χ4n) is 3.52. The smallest absolute Gasteiger partial charge is 0.256 e. The quantitative estimate of drug-likeness (QED) is 0.337. The lowest BCUT2D eigenvalue weighted by molar-refractivity contribution is 0.102. The van der Waals surface area contributed by atoms with Crippen LogP contribution in [0.3, 0.4) is 0 Å². The van der Waals surface area contributed by atoms with Crippen LogP contribution in [0.2, 0.25) is 5.02 Å². The number of ether oxygens (including phenoxy) is 1. The van der Waals surface area contributed by atoms with E-state index in [1.54, 1.807) is 6.07 Å². The van der Waals surface area contributed by atoms with Gasteiger partial charge in [-0.3, -0.25) is 9.48 Å². The number of anilines is 1. The summed E-state index contributed by atoms with van der Waals surface area (Å²) in [5.41, 5.74) is 4.74. The van der Waals surface area contributed by atoms with Gasteiger partial charge in [-0.05, 0) is 66.4 Å². The summed E-state index contributed by atoms with van der Waals surface area (Å²) in [6.07, 6.45) is 0.996. The van der Waals surface area contributed by atoms with E-state index in [-0.39, 0.29) is 5.91 Å². The van der Waals surface area contributed by atoms with E-state index >= 15 is 0 Å². The van der Waals surface area contributed by atoms with Crippen LogP contribution < -0.4 is 10.1 Å². The SMILES string of the molecule is CCc1ccc(OCc2cccc(C(=O)Nc3cc(C)n(Cc4cccc(Cl)c4)n3)c2)cc1. The molecule has 5 nitrogen and oxygen atoms in total. The first-order chi connectivity index (χ1) is 16.0. The van der Waals surface area contributed by atoms with E-state index in [1.807, 2.05) is 72.3 Å². The van der Waals surface area contributed by atoms with Crippen LogP contribution in [0.15, 0.2) is 78.9 Å². The van der Waals surface area contributed by atoms with Crippen molar-refractivity contribution in [1.29, 1.82) is 0 Å². The van der Waals surface area contributed by atoms with Crippen LogP contribution in [0.25, 0.3) is 0 Å². The average Bonchev–Trinajstić information content (AvgIpc) is 3.16. The third-order valence-electron chi connectivity index (χ3n) is 5.37. The fourth-order valence-corrected chi connectivity index (χ4v) is 3.73. The Morgan fingerprint density at radius 3 is 2.48 bits per heavy atom. The van der Waals surface area contributed by atoms with E-state index < -0.39 is 0 Å². The lowest BCUT2D eigenvalue weighted by Crippen LogP contribution is -2.13. The number of hydrogen-bond acceptors (Lipinski definition) is 3.